The van der Waals surface area contributed by atoms with Crippen LogP contribution >= 0.6 is 0 Å². The van der Waals surface area contributed by atoms with Gasteiger partial charge in [-0.1, -0.05) is 0 Å². The van der Waals surface area contributed by atoms with E-state index in [1.54, 1.807) is 32.4 Å². The van der Waals surface area contributed by atoms with Crippen LogP contribution in [-0.2, 0) is 14.3 Å². The van der Waals surface area contributed by atoms with E-state index >= 15 is 0 Å². The van der Waals surface area contributed by atoms with Gasteiger partial charge in [-0.15, -0.1) is 0 Å². The SMILES string of the molecule is COCCOc1cc(OC)c2c(Nc3ccc(NC(=O)CC(=O)NC4CCC4)cc3)ncnc2c1. The third-order valence-electron chi connectivity index (χ3n) is 5.67. The van der Waals surface area contributed by atoms with Gasteiger partial charge < -0.3 is 30.2 Å². The summed E-state index contributed by atoms with van der Waals surface area (Å²) in [5, 5.41) is 9.60. The standard InChI is InChI=1S/C25H29N5O5/c1-33-10-11-35-19-12-20-24(21(13-19)34-2)25(27-15-26-20)30-18-8-6-17(7-9-18)29-23(32)14-22(31)28-16-4-3-5-16/h6-9,12-13,15-16H,3-5,10-11,14H2,1-2H3,(H,28,31)(H,29,32)(H,26,27,30). The zero-order valence-electron chi connectivity index (χ0n) is 19.8. The summed E-state index contributed by atoms with van der Waals surface area (Å²) in [4.78, 5) is 32.8. The molecule has 0 unspecified atom stereocenters. The van der Waals surface area contributed by atoms with Crippen molar-refractivity contribution in [1.82, 2.24) is 15.3 Å². The van der Waals surface area contributed by atoms with Gasteiger partial charge in [-0.25, -0.2) is 9.97 Å². The average Bonchev–Trinajstić information content (AvgIpc) is 2.82. The molecule has 0 saturated heterocycles. The summed E-state index contributed by atoms with van der Waals surface area (Å²) in [5.41, 5.74) is 2.02. The molecule has 184 valence electrons. The Morgan fingerprint density at radius 2 is 1.77 bits per heavy atom. The summed E-state index contributed by atoms with van der Waals surface area (Å²) in [7, 11) is 3.19. The summed E-state index contributed by atoms with van der Waals surface area (Å²) in [6.45, 7) is 0.885. The van der Waals surface area contributed by atoms with Gasteiger partial charge in [0.1, 0.15) is 36.7 Å². The molecule has 2 amide bonds. The minimum absolute atomic E-state index is 0.194. The summed E-state index contributed by atoms with van der Waals surface area (Å²) in [5.74, 6) is 1.17. The van der Waals surface area contributed by atoms with E-state index in [9.17, 15) is 9.59 Å². The van der Waals surface area contributed by atoms with E-state index < -0.39 is 0 Å². The van der Waals surface area contributed by atoms with Crippen LogP contribution in [-0.4, -0.2) is 55.3 Å². The lowest BCUT2D eigenvalue weighted by Crippen LogP contribution is -2.40. The van der Waals surface area contributed by atoms with Crippen LogP contribution in [0.1, 0.15) is 25.7 Å². The second-order valence-electron chi connectivity index (χ2n) is 8.21. The Bertz CT molecular complexity index is 1180. The molecule has 0 radical (unpaired) electrons. The number of nitrogens with one attached hydrogen (secondary N) is 3. The Balaban J connectivity index is 1.42. The average molecular weight is 480 g/mol. The van der Waals surface area contributed by atoms with Crippen LogP contribution in [0.5, 0.6) is 11.5 Å². The lowest BCUT2D eigenvalue weighted by Gasteiger charge is -2.26. The van der Waals surface area contributed by atoms with E-state index in [1.807, 2.05) is 18.2 Å². The fourth-order valence-electron chi connectivity index (χ4n) is 3.67. The molecule has 1 saturated carbocycles. The number of carbonyl (C=O) groups is 2. The van der Waals surface area contributed by atoms with Gasteiger partial charge in [0.2, 0.25) is 11.8 Å². The summed E-state index contributed by atoms with van der Waals surface area (Å²) in [6, 6.07) is 11.0. The van der Waals surface area contributed by atoms with Crippen LogP contribution in [0.3, 0.4) is 0 Å². The normalized spacial score (nSPS) is 13.1. The largest absolute Gasteiger partial charge is 0.496 e. The lowest BCUT2D eigenvalue weighted by atomic mass is 9.93. The number of hydrogen-bond donors (Lipinski definition) is 3. The van der Waals surface area contributed by atoms with Gasteiger partial charge in [-0.05, 0) is 43.5 Å². The molecule has 10 nitrogen and oxygen atoms in total. The maximum absolute atomic E-state index is 12.2. The number of fused-ring (bicyclic) bond motifs is 1. The zero-order valence-corrected chi connectivity index (χ0v) is 19.8. The fourth-order valence-corrected chi connectivity index (χ4v) is 3.67. The van der Waals surface area contributed by atoms with E-state index in [4.69, 9.17) is 14.2 Å². The number of aromatic nitrogens is 2. The first-order valence-electron chi connectivity index (χ1n) is 11.5. The molecule has 35 heavy (non-hydrogen) atoms. The highest BCUT2D eigenvalue weighted by molar-refractivity contribution is 6.03. The van der Waals surface area contributed by atoms with Crippen molar-refractivity contribution in [3.63, 3.8) is 0 Å². The smallest absolute Gasteiger partial charge is 0.233 e. The third kappa shape index (κ3) is 6.36. The van der Waals surface area contributed by atoms with E-state index in [0.29, 0.717) is 47.1 Å². The molecule has 1 heterocycles. The van der Waals surface area contributed by atoms with Crippen LogP contribution in [0.15, 0.2) is 42.7 Å². The lowest BCUT2D eigenvalue weighted by molar-refractivity contribution is -0.127. The molecule has 1 fully saturated rings. The summed E-state index contributed by atoms with van der Waals surface area (Å²) < 4.78 is 16.3. The maximum atomic E-state index is 12.2. The predicted octanol–water partition coefficient (Wildman–Crippen LogP) is 3.40. The first-order valence-corrected chi connectivity index (χ1v) is 11.5. The predicted molar refractivity (Wildman–Crippen MR) is 132 cm³/mol. The molecular formula is C25H29N5O5. The fraction of sp³-hybridized carbons (Fsp3) is 0.360. The van der Waals surface area contributed by atoms with E-state index in [1.165, 1.54) is 6.33 Å². The summed E-state index contributed by atoms with van der Waals surface area (Å²) >= 11 is 0. The Morgan fingerprint density at radius 3 is 2.46 bits per heavy atom. The Labute approximate surface area is 203 Å². The molecule has 4 rings (SSSR count). The Kier molecular flexibility index (Phi) is 7.94. The first-order chi connectivity index (χ1) is 17.1. The minimum Gasteiger partial charge on any atom is -0.496 e. The number of ether oxygens (including phenoxy) is 3. The van der Waals surface area contributed by atoms with Crippen LogP contribution in [0.25, 0.3) is 10.9 Å². The van der Waals surface area contributed by atoms with Crippen molar-refractivity contribution in [1.29, 1.82) is 0 Å². The maximum Gasteiger partial charge on any atom is 0.233 e. The molecule has 1 aromatic heterocycles. The van der Waals surface area contributed by atoms with E-state index in [2.05, 4.69) is 25.9 Å². The Morgan fingerprint density at radius 1 is 1.00 bits per heavy atom. The van der Waals surface area contributed by atoms with E-state index in [-0.39, 0.29) is 24.3 Å². The van der Waals surface area contributed by atoms with Gasteiger partial charge in [-0.2, -0.15) is 0 Å². The number of amides is 2. The number of methoxy groups -OCH3 is 2. The van der Waals surface area contributed by atoms with Gasteiger partial charge in [-0.3, -0.25) is 9.59 Å². The van der Waals surface area contributed by atoms with Crippen LogP contribution in [0, 0.1) is 0 Å². The van der Waals surface area contributed by atoms with Crippen molar-refractivity contribution < 1.29 is 23.8 Å². The first kappa shape index (κ1) is 24.2. The molecule has 2 aromatic carbocycles. The van der Waals surface area contributed by atoms with Gasteiger partial charge in [0.25, 0.3) is 0 Å². The minimum atomic E-state index is -0.349. The number of carbonyl (C=O) groups excluding carboxylic acids is 2. The molecule has 1 aliphatic rings. The topological polar surface area (TPSA) is 124 Å². The third-order valence-corrected chi connectivity index (χ3v) is 5.67. The molecule has 3 N–H and O–H groups in total. The molecule has 1 aliphatic carbocycles. The second kappa shape index (κ2) is 11.5. The Hall–Kier alpha value is -3.92. The van der Waals surface area contributed by atoms with Gasteiger partial charge in [0, 0.05) is 36.7 Å². The van der Waals surface area contributed by atoms with Crippen molar-refractivity contribution in [2.45, 2.75) is 31.7 Å². The number of rotatable bonds is 11. The number of nitrogens with zero attached hydrogens (tertiary/aromatic N) is 2. The molecule has 3 aromatic rings. The second-order valence-corrected chi connectivity index (χ2v) is 8.21. The van der Waals surface area contributed by atoms with Crippen molar-refractivity contribution >= 4 is 39.9 Å². The molecular weight excluding hydrogens is 450 g/mol. The van der Waals surface area contributed by atoms with Crippen molar-refractivity contribution in [2.24, 2.45) is 0 Å². The number of benzene rings is 2. The highest BCUT2D eigenvalue weighted by atomic mass is 16.5. The molecule has 0 spiro atoms. The monoisotopic (exact) mass is 479 g/mol. The highest BCUT2D eigenvalue weighted by Crippen LogP contribution is 2.35. The molecule has 0 bridgehead atoms. The van der Waals surface area contributed by atoms with Crippen molar-refractivity contribution in [3.8, 4) is 11.5 Å². The van der Waals surface area contributed by atoms with Crippen molar-refractivity contribution in [2.75, 3.05) is 38.1 Å². The molecule has 10 heteroatoms. The van der Waals surface area contributed by atoms with Gasteiger partial charge in [0.15, 0.2) is 0 Å². The van der Waals surface area contributed by atoms with Gasteiger partial charge in [0.05, 0.1) is 24.6 Å². The van der Waals surface area contributed by atoms with Gasteiger partial charge >= 0.3 is 0 Å². The number of anilines is 3. The number of hydrogen-bond acceptors (Lipinski definition) is 8. The molecule has 0 atom stereocenters. The van der Waals surface area contributed by atoms with E-state index in [0.717, 1.165) is 24.9 Å². The highest BCUT2D eigenvalue weighted by Gasteiger charge is 2.20. The van der Waals surface area contributed by atoms with Crippen LogP contribution in [0.4, 0.5) is 17.2 Å². The van der Waals surface area contributed by atoms with Crippen LogP contribution < -0.4 is 25.4 Å². The summed E-state index contributed by atoms with van der Waals surface area (Å²) in [6.07, 6.45) is 4.36. The van der Waals surface area contributed by atoms with Crippen LogP contribution in [0.2, 0.25) is 0 Å². The quantitative estimate of drug-likeness (QED) is 0.282. The zero-order chi connectivity index (χ0) is 24.6. The molecule has 0 aliphatic heterocycles. The van der Waals surface area contributed by atoms with Crippen molar-refractivity contribution in [3.05, 3.63) is 42.7 Å².